The molecule has 26 heavy (non-hydrogen) atoms. The molecule has 0 saturated carbocycles. The summed E-state index contributed by atoms with van der Waals surface area (Å²) in [7, 11) is 0. The van der Waals surface area contributed by atoms with Gasteiger partial charge in [-0.15, -0.1) is 0 Å². The van der Waals surface area contributed by atoms with E-state index in [1.807, 2.05) is 0 Å². The number of alkyl halides is 9. The van der Waals surface area contributed by atoms with E-state index < -0.39 is 24.9 Å². The van der Waals surface area contributed by atoms with Crippen LogP contribution in [0.15, 0.2) is 29.1 Å². The summed E-state index contributed by atoms with van der Waals surface area (Å²) >= 11 is 34.7. The molecule has 2 aromatic rings. The first-order valence-corrected chi connectivity index (χ1v) is 9.05. The number of H-pyrrole nitrogens is 1. The lowest BCUT2D eigenvalue weighted by Crippen LogP contribution is -2.38. The van der Waals surface area contributed by atoms with Crippen LogP contribution >= 0.6 is 69.6 Å². The van der Waals surface area contributed by atoms with Crippen molar-refractivity contribution in [2.45, 2.75) is 13.8 Å². The lowest BCUT2D eigenvalue weighted by Gasteiger charge is -2.31. The van der Waals surface area contributed by atoms with E-state index in [0.717, 1.165) is 0 Å². The zero-order valence-electron chi connectivity index (χ0n) is 12.5. The fraction of sp³-hybridized carbons (Fsp3) is 0.357. The topological polar surface area (TPSA) is 36.1 Å². The molecule has 1 N–H and O–H groups in total. The van der Waals surface area contributed by atoms with Gasteiger partial charge in [0, 0.05) is 22.7 Å². The average Bonchev–Trinajstić information content (AvgIpc) is 2.41. The average molecular weight is 491 g/mol. The molecule has 0 radical (unpaired) electrons. The Kier molecular flexibility index (Phi) is 6.48. The third-order valence-electron chi connectivity index (χ3n) is 3.24. The Morgan fingerprint density at radius 3 is 1.92 bits per heavy atom. The van der Waals surface area contributed by atoms with E-state index in [-0.39, 0.29) is 29.7 Å². The van der Waals surface area contributed by atoms with Gasteiger partial charge in [0.2, 0.25) is 13.1 Å². The molecule has 144 valence electrons. The highest BCUT2D eigenvalue weighted by molar-refractivity contribution is 6.68. The molecule has 0 amide bonds. The van der Waals surface area contributed by atoms with Crippen molar-refractivity contribution in [3.63, 3.8) is 0 Å². The molecule has 0 spiro atoms. The number of benzene rings is 1. The number of aromatic nitrogens is 1. The summed E-state index contributed by atoms with van der Waals surface area (Å²) < 4.78 is 36.3. The van der Waals surface area contributed by atoms with E-state index in [4.69, 9.17) is 69.6 Å². The summed E-state index contributed by atoms with van der Waals surface area (Å²) in [5.74, 6) is 0. The van der Waals surface area contributed by atoms with Gasteiger partial charge >= 0.3 is 6.18 Å². The molecule has 0 fully saturated rings. The standard InChI is InChI=1S/C14H9Cl6F3N2O/c15-12(16,17)5-25(6-13(18,19)20)7-1-2-10-8(3-7)9(14(21,22)23)4-11(26)24-10/h1-4H,5-6H2,(H,24,26). The fourth-order valence-electron chi connectivity index (χ4n) is 2.34. The highest BCUT2D eigenvalue weighted by atomic mass is 35.6. The Morgan fingerprint density at radius 2 is 1.46 bits per heavy atom. The summed E-state index contributed by atoms with van der Waals surface area (Å²) in [5.41, 5.74) is -1.76. The van der Waals surface area contributed by atoms with Crippen LogP contribution in [0, 0.1) is 0 Å². The maximum atomic E-state index is 13.3. The minimum atomic E-state index is -4.74. The molecule has 0 aliphatic rings. The number of hydrogen-bond donors (Lipinski definition) is 1. The van der Waals surface area contributed by atoms with Crippen LogP contribution in [-0.4, -0.2) is 25.7 Å². The first kappa shape index (κ1) is 22.1. The highest BCUT2D eigenvalue weighted by Crippen LogP contribution is 2.37. The van der Waals surface area contributed by atoms with Crippen molar-refractivity contribution >= 4 is 86.2 Å². The molecule has 0 aliphatic carbocycles. The minimum absolute atomic E-state index is 0.00343. The number of hydrogen-bond acceptors (Lipinski definition) is 2. The zero-order chi connectivity index (χ0) is 19.9. The van der Waals surface area contributed by atoms with Gasteiger partial charge in [-0.3, -0.25) is 4.79 Å². The van der Waals surface area contributed by atoms with Crippen LogP contribution < -0.4 is 10.5 Å². The van der Waals surface area contributed by atoms with E-state index in [1.54, 1.807) is 0 Å². The number of pyridine rings is 1. The Morgan fingerprint density at radius 1 is 0.923 bits per heavy atom. The molecule has 0 atom stereocenters. The van der Waals surface area contributed by atoms with Crippen LogP contribution in [0.25, 0.3) is 10.9 Å². The first-order valence-electron chi connectivity index (χ1n) is 6.78. The van der Waals surface area contributed by atoms with Gasteiger partial charge in [0.1, 0.15) is 0 Å². The van der Waals surface area contributed by atoms with Gasteiger partial charge in [0.15, 0.2) is 0 Å². The summed E-state index contributed by atoms with van der Waals surface area (Å²) in [6.07, 6.45) is -4.74. The van der Waals surface area contributed by atoms with Crippen molar-refractivity contribution < 1.29 is 13.2 Å². The predicted molar refractivity (Wildman–Crippen MR) is 102 cm³/mol. The number of halogens is 9. The molecule has 12 heteroatoms. The molecule has 3 nitrogen and oxygen atoms in total. The molecular weight excluding hydrogens is 482 g/mol. The Hall–Kier alpha value is -0.240. The molecule has 0 unspecified atom stereocenters. The van der Waals surface area contributed by atoms with Crippen molar-refractivity contribution in [1.82, 2.24) is 4.98 Å². The predicted octanol–water partition coefficient (Wildman–Crippen LogP) is 6.09. The lowest BCUT2D eigenvalue weighted by molar-refractivity contribution is -0.136. The molecule has 1 aromatic carbocycles. The maximum absolute atomic E-state index is 13.3. The van der Waals surface area contributed by atoms with Crippen molar-refractivity contribution in [3.05, 3.63) is 40.2 Å². The van der Waals surface area contributed by atoms with E-state index in [9.17, 15) is 18.0 Å². The molecule has 0 aliphatic heterocycles. The zero-order valence-corrected chi connectivity index (χ0v) is 17.0. The molecule has 2 rings (SSSR count). The van der Waals surface area contributed by atoms with Gasteiger partial charge in [-0.2, -0.15) is 13.2 Å². The number of rotatable bonds is 3. The van der Waals surface area contributed by atoms with E-state index in [0.29, 0.717) is 6.07 Å². The normalized spacial score (nSPS) is 13.3. The number of nitrogens with one attached hydrogen (secondary N) is 1. The third kappa shape index (κ3) is 6.14. The van der Waals surface area contributed by atoms with Gasteiger partial charge in [-0.05, 0) is 18.2 Å². The minimum Gasteiger partial charge on any atom is -0.363 e. The first-order chi connectivity index (χ1) is 11.7. The quantitative estimate of drug-likeness (QED) is 0.528. The Labute approximate surface area is 175 Å². The molecule has 1 heterocycles. The van der Waals surface area contributed by atoms with Crippen LogP contribution in [0.1, 0.15) is 5.56 Å². The van der Waals surface area contributed by atoms with E-state index >= 15 is 0 Å². The van der Waals surface area contributed by atoms with E-state index in [2.05, 4.69) is 4.98 Å². The van der Waals surface area contributed by atoms with Crippen molar-refractivity contribution in [2.24, 2.45) is 0 Å². The molecule has 0 bridgehead atoms. The Bertz CT molecular complexity index is 841. The largest absolute Gasteiger partial charge is 0.417 e. The number of anilines is 1. The summed E-state index contributed by atoms with van der Waals surface area (Å²) in [6.45, 7) is -0.496. The van der Waals surface area contributed by atoms with E-state index in [1.165, 1.54) is 23.1 Å². The molecule has 1 aromatic heterocycles. The lowest BCUT2D eigenvalue weighted by atomic mass is 10.1. The molecule has 0 saturated heterocycles. The van der Waals surface area contributed by atoms with Crippen molar-refractivity contribution in [1.29, 1.82) is 0 Å². The summed E-state index contributed by atoms with van der Waals surface area (Å²) in [6, 6.07) is 4.37. The molecular formula is C14H9Cl6F3N2O. The number of aromatic amines is 1. The van der Waals surface area contributed by atoms with Gasteiger partial charge in [-0.25, -0.2) is 0 Å². The third-order valence-corrected chi connectivity index (χ3v) is 3.95. The second-order valence-electron chi connectivity index (χ2n) is 5.36. The monoisotopic (exact) mass is 488 g/mol. The maximum Gasteiger partial charge on any atom is 0.417 e. The fourth-order valence-corrected chi connectivity index (χ4v) is 3.21. The van der Waals surface area contributed by atoms with Gasteiger partial charge < -0.3 is 9.88 Å². The summed E-state index contributed by atoms with van der Waals surface area (Å²) in [4.78, 5) is 15.1. The number of fused-ring (bicyclic) bond motifs is 1. The SMILES string of the molecule is O=c1cc(C(F)(F)F)c2cc(N(CC(Cl)(Cl)Cl)CC(Cl)(Cl)Cl)ccc2[nH]1. The smallest absolute Gasteiger partial charge is 0.363 e. The van der Waals surface area contributed by atoms with Gasteiger partial charge in [0.25, 0.3) is 0 Å². The Balaban J connectivity index is 2.63. The van der Waals surface area contributed by atoms with Crippen LogP contribution in [0.3, 0.4) is 0 Å². The second kappa shape index (κ2) is 7.64. The van der Waals surface area contributed by atoms with Crippen LogP contribution in [-0.2, 0) is 6.18 Å². The number of nitrogens with zero attached hydrogens (tertiary/aromatic N) is 1. The van der Waals surface area contributed by atoms with Crippen LogP contribution in [0.2, 0.25) is 0 Å². The van der Waals surface area contributed by atoms with Crippen LogP contribution in [0.5, 0.6) is 0 Å². The highest BCUT2D eigenvalue weighted by Gasteiger charge is 2.34. The van der Waals surface area contributed by atoms with Crippen molar-refractivity contribution in [2.75, 3.05) is 18.0 Å². The summed E-state index contributed by atoms with van der Waals surface area (Å²) in [5, 5.41) is -0.242. The second-order valence-corrected chi connectivity index (χ2v) is 10.4. The van der Waals surface area contributed by atoms with Crippen molar-refractivity contribution in [3.8, 4) is 0 Å². The van der Waals surface area contributed by atoms with Gasteiger partial charge in [-0.1, -0.05) is 69.6 Å². The van der Waals surface area contributed by atoms with Crippen LogP contribution in [0.4, 0.5) is 18.9 Å². The van der Waals surface area contributed by atoms with Gasteiger partial charge in [0.05, 0.1) is 18.7 Å².